The Morgan fingerprint density at radius 1 is 0.635 bits per heavy atom. The van der Waals surface area contributed by atoms with E-state index in [-0.39, 0.29) is 19.1 Å². The molecule has 3 atom stereocenters. The first-order chi connectivity index (χ1) is 25.0. The average Bonchev–Trinajstić information content (AvgIpc) is 3.09. The lowest BCUT2D eigenvalue weighted by Gasteiger charge is -2.26. The SMILES string of the molecule is CCCCCCCCCC/C=C\CCCCCCCCCC(=O)NC(COP(=O)(O)OCC[N+](C)(C)C)C(O)CCCCCCCCCCCCC. The van der Waals surface area contributed by atoms with Crippen molar-refractivity contribution in [3.63, 3.8) is 0 Å². The lowest BCUT2D eigenvalue weighted by molar-refractivity contribution is -0.870. The first-order valence-corrected chi connectivity index (χ1v) is 23.5. The van der Waals surface area contributed by atoms with Crippen LogP contribution in [0.15, 0.2) is 12.2 Å². The van der Waals surface area contributed by atoms with Gasteiger partial charge in [-0.05, 0) is 38.5 Å². The van der Waals surface area contributed by atoms with Crippen LogP contribution < -0.4 is 5.32 Å². The highest BCUT2D eigenvalue weighted by molar-refractivity contribution is 7.47. The number of likely N-dealkylation sites (N-methyl/N-ethyl adjacent to an activating group) is 1. The number of unbranched alkanes of at least 4 members (excludes halogenated alkanes) is 25. The van der Waals surface area contributed by atoms with Crippen LogP contribution in [0.25, 0.3) is 0 Å². The van der Waals surface area contributed by atoms with Gasteiger partial charge in [-0.1, -0.05) is 174 Å². The third-order valence-electron chi connectivity index (χ3n) is 10.0. The molecule has 1 amide bonds. The van der Waals surface area contributed by atoms with Gasteiger partial charge in [-0.25, -0.2) is 4.57 Å². The van der Waals surface area contributed by atoms with Crippen molar-refractivity contribution in [1.82, 2.24) is 5.32 Å². The Bertz CT molecular complexity index is 865. The zero-order chi connectivity index (χ0) is 38.6. The number of hydrogen-bond donors (Lipinski definition) is 3. The standard InChI is InChI=1S/C43H87N2O6P/c1-6-8-10-12-14-16-18-19-20-21-22-23-24-25-27-29-31-33-35-37-43(47)44-41(40-51-52(48,49)50-39-38-45(3,4)5)42(46)36-34-32-30-28-26-17-15-13-11-9-7-2/h21-22,41-42,46H,6-20,23-40H2,1-5H3,(H-,44,47,48,49)/p+1/b22-21-. The Morgan fingerprint density at radius 3 is 1.48 bits per heavy atom. The highest BCUT2D eigenvalue weighted by atomic mass is 31.2. The maximum atomic E-state index is 12.9. The van der Waals surface area contributed by atoms with Crippen molar-refractivity contribution in [2.45, 2.75) is 219 Å². The lowest BCUT2D eigenvalue weighted by Crippen LogP contribution is -2.46. The number of rotatable bonds is 40. The van der Waals surface area contributed by atoms with Crippen molar-refractivity contribution in [3.8, 4) is 0 Å². The van der Waals surface area contributed by atoms with E-state index in [1.54, 1.807) is 0 Å². The zero-order valence-electron chi connectivity index (χ0n) is 35.1. The number of aliphatic hydroxyl groups excluding tert-OH is 1. The number of hydrogen-bond acceptors (Lipinski definition) is 5. The lowest BCUT2D eigenvalue weighted by atomic mass is 10.0. The van der Waals surface area contributed by atoms with Gasteiger partial charge in [-0.15, -0.1) is 0 Å². The first kappa shape index (κ1) is 51.2. The molecular formula is C43H88N2O6P+. The normalized spacial score (nSPS) is 14.5. The topological polar surface area (TPSA) is 105 Å². The minimum Gasteiger partial charge on any atom is -0.391 e. The Morgan fingerprint density at radius 2 is 1.04 bits per heavy atom. The largest absolute Gasteiger partial charge is 0.472 e. The average molecular weight is 760 g/mol. The third kappa shape index (κ3) is 37.6. The molecule has 0 spiro atoms. The molecule has 0 rings (SSSR count). The Kier molecular flexibility index (Phi) is 35.4. The molecule has 310 valence electrons. The first-order valence-electron chi connectivity index (χ1n) is 22.1. The van der Waals surface area contributed by atoms with Crippen molar-refractivity contribution in [1.29, 1.82) is 0 Å². The second-order valence-corrected chi connectivity index (χ2v) is 17.9. The molecule has 0 aromatic heterocycles. The van der Waals surface area contributed by atoms with Crippen LogP contribution in [-0.4, -0.2) is 73.4 Å². The Balaban J connectivity index is 4.30. The molecule has 3 N–H and O–H groups in total. The van der Waals surface area contributed by atoms with E-state index < -0.39 is 20.0 Å². The summed E-state index contributed by atoms with van der Waals surface area (Å²) in [5, 5.41) is 13.9. The van der Waals surface area contributed by atoms with Gasteiger partial charge in [0, 0.05) is 6.42 Å². The van der Waals surface area contributed by atoms with Crippen LogP contribution in [0, 0.1) is 0 Å². The van der Waals surface area contributed by atoms with Gasteiger partial charge in [0.25, 0.3) is 0 Å². The molecule has 0 aromatic rings. The zero-order valence-corrected chi connectivity index (χ0v) is 36.0. The number of carbonyl (C=O) groups is 1. The van der Waals surface area contributed by atoms with Gasteiger partial charge < -0.3 is 19.8 Å². The van der Waals surface area contributed by atoms with E-state index in [1.807, 2.05) is 21.1 Å². The van der Waals surface area contributed by atoms with Gasteiger partial charge in [0.05, 0.1) is 39.9 Å². The number of nitrogens with one attached hydrogen (secondary N) is 1. The van der Waals surface area contributed by atoms with Gasteiger partial charge in [0.15, 0.2) is 0 Å². The van der Waals surface area contributed by atoms with Crippen LogP contribution in [0.3, 0.4) is 0 Å². The predicted octanol–water partition coefficient (Wildman–Crippen LogP) is 12.0. The van der Waals surface area contributed by atoms with Crippen LogP contribution in [0.4, 0.5) is 0 Å². The summed E-state index contributed by atoms with van der Waals surface area (Å²) in [6.45, 7) is 4.88. The summed E-state index contributed by atoms with van der Waals surface area (Å²) in [5.41, 5.74) is 0. The van der Waals surface area contributed by atoms with E-state index in [9.17, 15) is 19.4 Å². The Hall–Kier alpha value is -0.760. The van der Waals surface area contributed by atoms with E-state index in [0.717, 1.165) is 38.5 Å². The molecule has 0 saturated heterocycles. The molecule has 9 heteroatoms. The number of aliphatic hydroxyl groups is 1. The quantitative estimate of drug-likeness (QED) is 0.0249. The summed E-state index contributed by atoms with van der Waals surface area (Å²) < 4.78 is 23.6. The molecule has 52 heavy (non-hydrogen) atoms. The summed E-state index contributed by atoms with van der Waals surface area (Å²) in [6.07, 6.45) is 39.5. The smallest absolute Gasteiger partial charge is 0.391 e. The van der Waals surface area contributed by atoms with Crippen molar-refractivity contribution in [2.75, 3.05) is 40.9 Å². The van der Waals surface area contributed by atoms with Crippen molar-refractivity contribution >= 4 is 13.7 Å². The number of carbonyl (C=O) groups excluding carboxylic acids is 1. The molecule has 3 unspecified atom stereocenters. The minimum atomic E-state index is -4.31. The van der Waals surface area contributed by atoms with E-state index in [2.05, 4.69) is 31.3 Å². The number of quaternary nitrogens is 1. The van der Waals surface area contributed by atoms with Gasteiger partial charge in [0.2, 0.25) is 5.91 Å². The number of phosphoric acid groups is 1. The molecule has 0 aromatic carbocycles. The summed E-state index contributed by atoms with van der Waals surface area (Å²) in [4.78, 5) is 23.1. The van der Waals surface area contributed by atoms with Gasteiger partial charge in [-0.3, -0.25) is 13.8 Å². The van der Waals surface area contributed by atoms with Gasteiger partial charge in [-0.2, -0.15) is 0 Å². The number of allylic oxidation sites excluding steroid dienone is 2. The van der Waals surface area contributed by atoms with Crippen LogP contribution in [0.5, 0.6) is 0 Å². The summed E-state index contributed by atoms with van der Waals surface area (Å²) in [5.74, 6) is -0.149. The minimum absolute atomic E-state index is 0.0754. The molecule has 0 radical (unpaired) electrons. The van der Waals surface area contributed by atoms with Crippen LogP contribution in [-0.2, 0) is 18.4 Å². The van der Waals surface area contributed by atoms with Crippen LogP contribution >= 0.6 is 7.82 Å². The van der Waals surface area contributed by atoms with Crippen LogP contribution in [0.1, 0.15) is 206 Å². The van der Waals surface area contributed by atoms with Gasteiger partial charge >= 0.3 is 7.82 Å². The number of amides is 1. The number of phosphoric ester groups is 1. The van der Waals surface area contributed by atoms with E-state index in [1.165, 1.54) is 141 Å². The van der Waals surface area contributed by atoms with Crippen LogP contribution in [0.2, 0.25) is 0 Å². The summed E-state index contributed by atoms with van der Waals surface area (Å²) in [6, 6.07) is -0.757. The molecule has 0 aliphatic heterocycles. The molecular weight excluding hydrogens is 671 g/mol. The fourth-order valence-corrected chi connectivity index (χ4v) is 7.19. The van der Waals surface area contributed by atoms with E-state index in [0.29, 0.717) is 23.9 Å². The molecule has 0 saturated carbocycles. The molecule has 0 fully saturated rings. The van der Waals surface area contributed by atoms with Crippen molar-refractivity contribution < 1.29 is 32.9 Å². The van der Waals surface area contributed by atoms with Crippen molar-refractivity contribution in [3.05, 3.63) is 12.2 Å². The third-order valence-corrected chi connectivity index (χ3v) is 11.0. The number of nitrogens with zero attached hydrogens (tertiary/aromatic N) is 1. The maximum absolute atomic E-state index is 12.9. The monoisotopic (exact) mass is 760 g/mol. The molecule has 0 bridgehead atoms. The molecule has 0 heterocycles. The fraction of sp³-hybridized carbons (Fsp3) is 0.930. The maximum Gasteiger partial charge on any atom is 0.472 e. The predicted molar refractivity (Wildman–Crippen MR) is 222 cm³/mol. The van der Waals surface area contributed by atoms with E-state index in [4.69, 9.17) is 9.05 Å². The Labute approximate surface area is 322 Å². The molecule has 0 aliphatic rings. The second kappa shape index (κ2) is 35.9. The highest BCUT2D eigenvalue weighted by Gasteiger charge is 2.28. The van der Waals surface area contributed by atoms with E-state index >= 15 is 0 Å². The van der Waals surface area contributed by atoms with Gasteiger partial charge in [0.1, 0.15) is 13.2 Å². The molecule has 8 nitrogen and oxygen atoms in total. The highest BCUT2D eigenvalue weighted by Crippen LogP contribution is 2.43. The van der Waals surface area contributed by atoms with Crippen molar-refractivity contribution in [2.24, 2.45) is 0 Å². The second-order valence-electron chi connectivity index (χ2n) is 16.4. The molecule has 0 aliphatic carbocycles. The summed E-state index contributed by atoms with van der Waals surface area (Å²) >= 11 is 0. The summed E-state index contributed by atoms with van der Waals surface area (Å²) in [7, 11) is 1.62. The fourth-order valence-electron chi connectivity index (χ4n) is 6.45.